The van der Waals surface area contributed by atoms with Gasteiger partial charge in [-0.3, -0.25) is 4.79 Å². The third-order valence-electron chi connectivity index (χ3n) is 4.05. The fourth-order valence-corrected chi connectivity index (χ4v) is 3.83. The van der Waals surface area contributed by atoms with E-state index in [2.05, 4.69) is 17.1 Å². The van der Waals surface area contributed by atoms with Gasteiger partial charge in [-0.2, -0.15) is 0 Å². The molecule has 2 heterocycles. The summed E-state index contributed by atoms with van der Waals surface area (Å²) in [6.45, 7) is 8.35. The topological polar surface area (TPSA) is 67.6 Å². The van der Waals surface area contributed by atoms with Gasteiger partial charge in [0.05, 0.1) is 17.7 Å². The second kappa shape index (κ2) is 7.13. The number of carbonyl (C=O) groups is 1. The molecule has 0 radical (unpaired) electrons. The van der Waals surface area contributed by atoms with Crippen LogP contribution in [0.1, 0.15) is 36.4 Å². The molecule has 1 fully saturated rings. The molecule has 2 rings (SSSR count). The molecule has 1 aliphatic rings. The molecular weight excluding hydrogens is 286 g/mol. The first kappa shape index (κ1) is 16.1. The molecular formula is C15H25N3O2S. The molecule has 0 saturated carbocycles. The van der Waals surface area contributed by atoms with Gasteiger partial charge in [0.25, 0.3) is 0 Å². The van der Waals surface area contributed by atoms with Crippen LogP contribution in [0, 0.1) is 5.92 Å². The van der Waals surface area contributed by atoms with Gasteiger partial charge in [0.1, 0.15) is 5.00 Å². The number of nitrogen functional groups attached to an aromatic ring is 1. The molecule has 0 aromatic carbocycles. The number of ether oxygens (including phenoxy) is 1. The number of nitrogens with two attached hydrogens (primary N) is 1. The van der Waals surface area contributed by atoms with E-state index in [9.17, 15) is 4.79 Å². The number of nitrogens with zero attached hydrogens (tertiary/aromatic N) is 1. The number of hydrogen-bond donors (Lipinski definition) is 2. The van der Waals surface area contributed by atoms with Crippen LogP contribution in [0.5, 0.6) is 5.75 Å². The van der Waals surface area contributed by atoms with Crippen molar-refractivity contribution < 1.29 is 9.53 Å². The third-order valence-corrected chi connectivity index (χ3v) is 5.23. The molecule has 1 aromatic heterocycles. The van der Waals surface area contributed by atoms with Gasteiger partial charge >= 0.3 is 0 Å². The minimum Gasteiger partial charge on any atom is -0.492 e. The normalized spacial score (nSPS) is 18.9. The Hall–Kier alpha value is -1.27. The fourth-order valence-electron chi connectivity index (χ4n) is 2.72. The third kappa shape index (κ3) is 3.49. The van der Waals surface area contributed by atoms with Crippen molar-refractivity contribution in [3.8, 4) is 5.75 Å². The van der Waals surface area contributed by atoms with Crippen molar-refractivity contribution in [1.82, 2.24) is 4.90 Å². The highest BCUT2D eigenvalue weighted by Gasteiger charge is 2.24. The van der Waals surface area contributed by atoms with E-state index in [4.69, 9.17) is 10.5 Å². The molecule has 3 N–H and O–H groups in total. The highest BCUT2D eigenvalue weighted by molar-refractivity contribution is 7.19. The van der Waals surface area contributed by atoms with Crippen molar-refractivity contribution in [2.24, 2.45) is 5.92 Å². The summed E-state index contributed by atoms with van der Waals surface area (Å²) in [4.78, 5) is 15.0. The van der Waals surface area contributed by atoms with Crippen molar-refractivity contribution in [3.05, 3.63) is 4.88 Å². The molecule has 21 heavy (non-hydrogen) atoms. The van der Waals surface area contributed by atoms with Gasteiger partial charge in [0, 0.05) is 19.5 Å². The van der Waals surface area contributed by atoms with E-state index in [-0.39, 0.29) is 5.78 Å². The Morgan fingerprint density at radius 1 is 1.52 bits per heavy atom. The van der Waals surface area contributed by atoms with Crippen LogP contribution in [0.4, 0.5) is 10.7 Å². The van der Waals surface area contributed by atoms with Gasteiger partial charge < -0.3 is 20.7 Å². The maximum absolute atomic E-state index is 11.9. The monoisotopic (exact) mass is 311 g/mol. The Bertz CT molecular complexity index is 501. The molecule has 5 nitrogen and oxygen atoms in total. The standard InChI is InChI=1S/C15H25N3O2S/c1-4-11(19)14-12(16)13(20-3)15(21-14)17-8-10-6-7-18(5-2)9-10/h10,17H,4-9,16H2,1-3H3. The molecule has 1 atom stereocenters. The first-order valence-corrected chi connectivity index (χ1v) is 8.37. The first-order valence-electron chi connectivity index (χ1n) is 7.56. The zero-order chi connectivity index (χ0) is 15.4. The van der Waals surface area contributed by atoms with Gasteiger partial charge in [0.2, 0.25) is 0 Å². The Kier molecular flexibility index (Phi) is 5.47. The van der Waals surface area contributed by atoms with Crippen LogP contribution in [0.3, 0.4) is 0 Å². The average molecular weight is 311 g/mol. The Balaban J connectivity index is 2.04. The second-order valence-corrected chi connectivity index (χ2v) is 6.43. The summed E-state index contributed by atoms with van der Waals surface area (Å²) in [5, 5.41) is 4.30. The van der Waals surface area contributed by atoms with Gasteiger partial charge in [-0.25, -0.2) is 0 Å². The van der Waals surface area contributed by atoms with E-state index in [1.807, 2.05) is 6.92 Å². The van der Waals surface area contributed by atoms with Gasteiger partial charge in [0.15, 0.2) is 11.5 Å². The minimum absolute atomic E-state index is 0.0712. The summed E-state index contributed by atoms with van der Waals surface area (Å²) in [5.74, 6) is 1.33. The summed E-state index contributed by atoms with van der Waals surface area (Å²) in [7, 11) is 1.60. The lowest BCUT2D eigenvalue weighted by Gasteiger charge is -2.14. The summed E-state index contributed by atoms with van der Waals surface area (Å²) < 4.78 is 5.37. The van der Waals surface area contributed by atoms with Crippen LogP contribution in [-0.2, 0) is 0 Å². The van der Waals surface area contributed by atoms with Crippen LogP contribution >= 0.6 is 11.3 Å². The highest BCUT2D eigenvalue weighted by Crippen LogP contribution is 2.43. The predicted molar refractivity (Wildman–Crippen MR) is 88.6 cm³/mol. The summed E-state index contributed by atoms with van der Waals surface area (Å²) in [6.07, 6.45) is 1.67. The molecule has 0 aliphatic carbocycles. The van der Waals surface area contributed by atoms with E-state index in [1.54, 1.807) is 7.11 Å². The Morgan fingerprint density at radius 3 is 2.86 bits per heavy atom. The molecule has 6 heteroatoms. The molecule has 0 bridgehead atoms. The van der Waals surface area contributed by atoms with Crippen molar-refractivity contribution in [2.45, 2.75) is 26.7 Å². The van der Waals surface area contributed by atoms with Crippen LogP contribution < -0.4 is 15.8 Å². The maximum atomic E-state index is 11.9. The molecule has 0 spiro atoms. The number of hydrogen-bond acceptors (Lipinski definition) is 6. The maximum Gasteiger partial charge on any atom is 0.176 e. The first-order chi connectivity index (χ1) is 10.1. The SMILES string of the molecule is CCC(=O)c1sc(NCC2CCN(CC)C2)c(OC)c1N. The zero-order valence-electron chi connectivity index (χ0n) is 13.1. The fraction of sp³-hybridized carbons (Fsp3) is 0.667. The van der Waals surface area contributed by atoms with Crippen molar-refractivity contribution in [1.29, 1.82) is 0 Å². The highest BCUT2D eigenvalue weighted by atomic mass is 32.1. The van der Waals surface area contributed by atoms with Crippen molar-refractivity contribution >= 4 is 27.8 Å². The largest absolute Gasteiger partial charge is 0.492 e. The number of ketones is 1. The number of carbonyl (C=O) groups excluding carboxylic acids is 1. The van der Waals surface area contributed by atoms with Crippen LogP contribution in [0.15, 0.2) is 0 Å². The molecule has 118 valence electrons. The lowest BCUT2D eigenvalue weighted by molar-refractivity contribution is 0.0992. The van der Waals surface area contributed by atoms with Crippen molar-refractivity contribution in [3.63, 3.8) is 0 Å². The molecule has 1 aliphatic heterocycles. The summed E-state index contributed by atoms with van der Waals surface area (Å²) in [6, 6.07) is 0. The summed E-state index contributed by atoms with van der Waals surface area (Å²) >= 11 is 1.41. The number of likely N-dealkylation sites (tertiary alicyclic amines) is 1. The van der Waals surface area contributed by atoms with E-state index >= 15 is 0 Å². The number of anilines is 2. The zero-order valence-corrected chi connectivity index (χ0v) is 13.9. The van der Waals surface area contributed by atoms with Crippen LogP contribution in [0.25, 0.3) is 0 Å². The van der Waals surface area contributed by atoms with Crippen molar-refractivity contribution in [2.75, 3.05) is 44.3 Å². The van der Waals surface area contributed by atoms with E-state index in [0.29, 0.717) is 28.7 Å². The molecule has 0 amide bonds. The minimum atomic E-state index is 0.0712. The smallest absolute Gasteiger partial charge is 0.176 e. The quantitative estimate of drug-likeness (QED) is 0.758. The van der Waals surface area contributed by atoms with Crippen LogP contribution in [0.2, 0.25) is 0 Å². The van der Waals surface area contributed by atoms with E-state index in [1.165, 1.54) is 24.3 Å². The summed E-state index contributed by atoms with van der Waals surface area (Å²) in [5.41, 5.74) is 6.51. The second-order valence-electron chi connectivity index (χ2n) is 5.41. The van der Waals surface area contributed by atoms with Gasteiger partial charge in [-0.05, 0) is 25.4 Å². The number of rotatable bonds is 7. The molecule has 1 aromatic rings. The number of methoxy groups -OCH3 is 1. The molecule has 1 saturated heterocycles. The van der Waals surface area contributed by atoms with Gasteiger partial charge in [-0.1, -0.05) is 13.8 Å². The Labute approximate surface area is 130 Å². The number of nitrogens with one attached hydrogen (secondary N) is 1. The van der Waals surface area contributed by atoms with Crippen LogP contribution in [-0.4, -0.2) is 44.0 Å². The lowest BCUT2D eigenvalue weighted by atomic mass is 10.1. The average Bonchev–Trinajstić information content (AvgIpc) is 3.08. The number of Topliss-reactive ketones (excluding diaryl/α,β-unsaturated/α-hetero) is 1. The lowest BCUT2D eigenvalue weighted by Crippen LogP contribution is -2.22. The predicted octanol–water partition coefficient (Wildman–Crippen LogP) is 2.69. The number of thiophene rings is 1. The van der Waals surface area contributed by atoms with E-state index < -0.39 is 0 Å². The Morgan fingerprint density at radius 2 is 2.29 bits per heavy atom. The molecule has 1 unspecified atom stereocenters. The van der Waals surface area contributed by atoms with E-state index in [0.717, 1.165) is 24.6 Å². The van der Waals surface area contributed by atoms with Gasteiger partial charge in [-0.15, -0.1) is 11.3 Å².